The lowest BCUT2D eigenvalue weighted by molar-refractivity contribution is -0.385. The molecule has 0 saturated heterocycles. The normalized spacial score (nSPS) is 9.13. The number of rotatable bonds is 3. The van der Waals surface area contributed by atoms with Gasteiger partial charge in [0.25, 0.3) is 5.69 Å². The maximum atomic E-state index is 10.6. The molecule has 1 rings (SSSR count). The summed E-state index contributed by atoms with van der Waals surface area (Å²) in [4.78, 5) is 10.0. The molecule has 5 nitrogen and oxygen atoms in total. The molecular weight excluding hydrogens is 198 g/mol. The molecule has 0 aliphatic carbocycles. The Kier molecular flexibility index (Phi) is 3.13. The van der Waals surface area contributed by atoms with Crippen molar-refractivity contribution in [2.24, 2.45) is 0 Å². The van der Waals surface area contributed by atoms with Crippen LogP contribution in [0.2, 0.25) is 0 Å². The van der Waals surface area contributed by atoms with E-state index < -0.39 is 4.92 Å². The maximum absolute atomic E-state index is 10.6. The van der Waals surface area contributed by atoms with Gasteiger partial charge in [-0.15, -0.1) is 6.42 Å². The summed E-state index contributed by atoms with van der Waals surface area (Å²) in [6.07, 6.45) is 5.25. The predicted octanol–water partition coefficient (Wildman–Crippen LogP) is 1.59. The zero-order valence-corrected chi connectivity index (χ0v) is 8.31. The molecule has 0 spiro atoms. The molecule has 0 N–H and O–H groups in total. The molecule has 5 heteroatoms. The highest BCUT2D eigenvalue weighted by atomic mass is 16.6. The number of ether oxygens (including phenoxy) is 2. The number of nitrogens with zero attached hydrogens (tertiary/aromatic N) is 1. The molecule has 0 bridgehead atoms. The second kappa shape index (κ2) is 4.33. The fourth-order valence-electron chi connectivity index (χ4n) is 1.15. The van der Waals surface area contributed by atoms with Gasteiger partial charge in [0.2, 0.25) is 0 Å². The highest BCUT2D eigenvalue weighted by Gasteiger charge is 2.16. The monoisotopic (exact) mass is 207 g/mol. The van der Waals surface area contributed by atoms with Crippen molar-refractivity contribution in [3.63, 3.8) is 0 Å². The Labute approximate surface area is 86.8 Å². The second-order valence-electron chi connectivity index (χ2n) is 2.63. The SMILES string of the molecule is C#Cc1c(OC)cc([N+](=O)[O-])cc1OC. The van der Waals surface area contributed by atoms with Crippen LogP contribution < -0.4 is 9.47 Å². The zero-order chi connectivity index (χ0) is 11.4. The number of nitro benzene ring substituents is 1. The summed E-state index contributed by atoms with van der Waals surface area (Å²) in [7, 11) is 2.78. The van der Waals surface area contributed by atoms with Crippen molar-refractivity contribution in [1.82, 2.24) is 0 Å². The van der Waals surface area contributed by atoms with Gasteiger partial charge in [0, 0.05) is 0 Å². The summed E-state index contributed by atoms with van der Waals surface area (Å²) in [5.74, 6) is 2.87. The van der Waals surface area contributed by atoms with E-state index in [1.807, 2.05) is 0 Å². The van der Waals surface area contributed by atoms with Crippen molar-refractivity contribution in [2.45, 2.75) is 0 Å². The number of benzene rings is 1. The van der Waals surface area contributed by atoms with Crippen molar-refractivity contribution < 1.29 is 14.4 Å². The molecule has 1 aromatic carbocycles. The van der Waals surface area contributed by atoms with Gasteiger partial charge in [-0.1, -0.05) is 5.92 Å². The van der Waals surface area contributed by atoms with Crippen LogP contribution in [0.1, 0.15) is 5.56 Å². The molecule has 78 valence electrons. The number of hydrogen-bond donors (Lipinski definition) is 0. The van der Waals surface area contributed by atoms with Crippen molar-refractivity contribution in [1.29, 1.82) is 0 Å². The van der Waals surface area contributed by atoms with E-state index in [1.54, 1.807) is 0 Å². The fourth-order valence-corrected chi connectivity index (χ4v) is 1.15. The molecule has 0 fully saturated rings. The van der Waals surface area contributed by atoms with Gasteiger partial charge in [0.1, 0.15) is 17.1 Å². The van der Waals surface area contributed by atoms with Crippen LogP contribution in [0.15, 0.2) is 12.1 Å². The van der Waals surface area contributed by atoms with Crippen LogP contribution in [0.5, 0.6) is 11.5 Å². The maximum Gasteiger partial charge on any atom is 0.276 e. The van der Waals surface area contributed by atoms with E-state index in [0.29, 0.717) is 5.56 Å². The van der Waals surface area contributed by atoms with Crippen LogP contribution in [-0.2, 0) is 0 Å². The molecule has 0 aliphatic rings. The van der Waals surface area contributed by atoms with Crippen LogP contribution in [-0.4, -0.2) is 19.1 Å². The smallest absolute Gasteiger partial charge is 0.276 e. The largest absolute Gasteiger partial charge is 0.495 e. The van der Waals surface area contributed by atoms with E-state index in [1.165, 1.54) is 26.4 Å². The highest BCUT2D eigenvalue weighted by molar-refractivity contribution is 5.59. The number of hydrogen-bond acceptors (Lipinski definition) is 4. The van der Waals surface area contributed by atoms with Gasteiger partial charge in [-0.05, 0) is 0 Å². The van der Waals surface area contributed by atoms with Crippen LogP contribution in [0.25, 0.3) is 0 Å². The Balaban J connectivity index is 3.44. The Morgan fingerprint density at radius 3 is 2.07 bits per heavy atom. The Bertz CT molecular complexity index is 409. The van der Waals surface area contributed by atoms with Gasteiger partial charge in [0.15, 0.2) is 0 Å². The molecule has 0 atom stereocenters. The number of non-ortho nitro benzene ring substituents is 1. The third-order valence-corrected chi connectivity index (χ3v) is 1.85. The minimum absolute atomic E-state index is 0.122. The number of terminal acetylenes is 1. The van der Waals surface area contributed by atoms with Crippen molar-refractivity contribution in [3.05, 3.63) is 27.8 Å². The first-order valence-corrected chi connectivity index (χ1v) is 4.01. The first-order chi connectivity index (χ1) is 7.13. The molecule has 0 aliphatic heterocycles. The van der Waals surface area contributed by atoms with Gasteiger partial charge in [-0.25, -0.2) is 0 Å². The number of nitro groups is 1. The third kappa shape index (κ3) is 1.99. The molecule has 0 amide bonds. The van der Waals surface area contributed by atoms with Gasteiger partial charge in [-0.2, -0.15) is 0 Å². The fraction of sp³-hybridized carbons (Fsp3) is 0.200. The topological polar surface area (TPSA) is 61.6 Å². The van der Waals surface area contributed by atoms with E-state index >= 15 is 0 Å². The summed E-state index contributed by atoms with van der Waals surface area (Å²) >= 11 is 0. The van der Waals surface area contributed by atoms with Crippen LogP contribution >= 0.6 is 0 Å². The molecule has 15 heavy (non-hydrogen) atoms. The van der Waals surface area contributed by atoms with Gasteiger partial charge in [0.05, 0.1) is 31.3 Å². The minimum atomic E-state index is -0.536. The first kappa shape index (κ1) is 10.9. The average Bonchev–Trinajstić information content (AvgIpc) is 2.26. The van der Waals surface area contributed by atoms with E-state index in [-0.39, 0.29) is 17.2 Å². The minimum Gasteiger partial charge on any atom is -0.495 e. The second-order valence-corrected chi connectivity index (χ2v) is 2.63. The average molecular weight is 207 g/mol. The molecule has 1 aromatic rings. The van der Waals surface area contributed by atoms with Crippen molar-refractivity contribution in [3.8, 4) is 23.8 Å². The van der Waals surface area contributed by atoms with Gasteiger partial charge in [-0.3, -0.25) is 10.1 Å². The summed E-state index contributed by atoms with van der Waals surface area (Å²) in [5.41, 5.74) is 0.244. The summed E-state index contributed by atoms with van der Waals surface area (Å²) in [5, 5.41) is 10.6. The molecular formula is C10H9NO4. The van der Waals surface area contributed by atoms with Gasteiger partial charge < -0.3 is 9.47 Å². The van der Waals surface area contributed by atoms with Crippen LogP contribution in [0.4, 0.5) is 5.69 Å². The van der Waals surface area contributed by atoms with Crippen molar-refractivity contribution in [2.75, 3.05) is 14.2 Å². The summed E-state index contributed by atoms with van der Waals surface area (Å²) < 4.78 is 9.89. The van der Waals surface area contributed by atoms with Gasteiger partial charge >= 0.3 is 0 Å². The van der Waals surface area contributed by atoms with Crippen LogP contribution in [0, 0.1) is 22.5 Å². The number of methoxy groups -OCH3 is 2. The summed E-state index contributed by atoms with van der Waals surface area (Å²) in [6, 6.07) is 2.52. The van der Waals surface area contributed by atoms with E-state index in [4.69, 9.17) is 15.9 Å². The zero-order valence-electron chi connectivity index (χ0n) is 8.31. The lowest BCUT2D eigenvalue weighted by Crippen LogP contribution is -1.96. The highest BCUT2D eigenvalue weighted by Crippen LogP contribution is 2.32. The molecule has 0 heterocycles. The molecule has 0 saturated carbocycles. The van der Waals surface area contributed by atoms with E-state index in [9.17, 15) is 10.1 Å². The Morgan fingerprint density at radius 1 is 1.33 bits per heavy atom. The standard InChI is InChI=1S/C10H9NO4/c1-4-8-9(14-2)5-7(11(12)13)6-10(8)15-3/h1,5-6H,2-3H3. The van der Waals surface area contributed by atoms with E-state index in [2.05, 4.69) is 5.92 Å². The molecule has 0 unspecified atom stereocenters. The third-order valence-electron chi connectivity index (χ3n) is 1.85. The van der Waals surface area contributed by atoms with Crippen molar-refractivity contribution >= 4 is 5.69 Å². The quantitative estimate of drug-likeness (QED) is 0.429. The van der Waals surface area contributed by atoms with E-state index in [0.717, 1.165) is 0 Å². The molecule has 0 aromatic heterocycles. The molecule has 0 radical (unpaired) electrons. The Hall–Kier alpha value is -2.22. The predicted molar refractivity (Wildman–Crippen MR) is 54.1 cm³/mol. The summed E-state index contributed by atoms with van der Waals surface area (Å²) in [6.45, 7) is 0. The lowest BCUT2D eigenvalue weighted by Gasteiger charge is -2.07. The first-order valence-electron chi connectivity index (χ1n) is 4.01. The van der Waals surface area contributed by atoms with Crippen LogP contribution in [0.3, 0.4) is 0 Å². The Morgan fingerprint density at radius 2 is 1.80 bits per heavy atom. The lowest BCUT2D eigenvalue weighted by atomic mass is 10.1.